The Bertz CT molecular complexity index is 611. The maximum absolute atomic E-state index is 5.89. The number of benzene rings is 1. The van der Waals surface area contributed by atoms with Crippen LogP contribution in [0, 0.1) is 0 Å². The van der Waals surface area contributed by atoms with Crippen LogP contribution in [0.15, 0.2) is 41.4 Å². The molecule has 1 aliphatic rings. The van der Waals surface area contributed by atoms with Crippen LogP contribution < -0.4 is 10.6 Å². The summed E-state index contributed by atoms with van der Waals surface area (Å²) in [5, 5.41) is 0.935. The average Bonchev–Trinajstić information content (AvgIpc) is 2.54. The van der Waals surface area contributed by atoms with Crippen LogP contribution in [0.25, 0.3) is 0 Å². The van der Waals surface area contributed by atoms with Crippen molar-refractivity contribution in [1.29, 1.82) is 0 Å². The van der Waals surface area contributed by atoms with Crippen LogP contribution in [0.2, 0.25) is 0 Å². The van der Waals surface area contributed by atoms with E-state index < -0.39 is 0 Å². The van der Waals surface area contributed by atoms with Crippen molar-refractivity contribution in [3.8, 4) is 0 Å². The fourth-order valence-corrected chi connectivity index (χ4v) is 3.29. The van der Waals surface area contributed by atoms with E-state index in [9.17, 15) is 0 Å². The molecule has 0 amide bonds. The molecule has 0 saturated carbocycles. The van der Waals surface area contributed by atoms with Gasteiger partial charge in [-0.25, -0.2) is 4.98 Å². The highest BCUT2D eigenvalue weighted by Gasteiger charge is 2.16. The Morgan fingerprint density at radius 3 is 2.55 bits per heavy atom. The summed E-state index contributed by atoms with van der Waals surface area (Å²) in [4.78, 5) is 13.4. The van der Waals surface area contributed by atoms with Gasteiger partial charge in [-0.05, 0) is 12.6 Å². The van der Waals surface area contributed by atoms with Gasteiger partial charge in [0, 0.05) is 38.0 Å². The molecule has 0 bridgehead atoms. The van der Waals surface area contributed by atoms with E-state index >= 15 is 0 Å². The second kappa shape index (κ2) is 6.98. The SMILES string of the molecule is CN1CCN(c2cc(SCc3ccccc3)nc(N)n2)CC1. The topological polar surface area (TPSA) is 58.3 Å². The van der Waals surface area contributed by atoms with E-state index in [1.807, 2.05) is 6.07 Å². The zero-order valence-corrected chi connectivity index (χ0v) is 13.6. The second-order valence-electron chi connectivity index (χ2n) is 5.49. The number of piperazine rings is 1. The third-order valence-corrected chi connectivity index (χ3v) is 4.75. The summed E-state index contributed by atoms with van der Waals surface area (Å²) in [5.41, 5.74) is 7.17. The van der Waals surface area contributed by atoms with Gasteiger partial charge in [-0.1, -0.05) is 30.3 Å². The summed E-state index contributed by atoms with van der Waals surface area (Å²) in [6.07, 6.45) is 0. The average molecular weight is 315 g/mol. The number of hydrogen-bond acceptors (Lipinski definition) is 6. The van der Waals surface area contributed by atoms with E-state index in [1.165, 1.54) is 5.56 Å². The van der Waals surface area contributed by atoms with Crippen molar-refractivity contribution in [2.45, 2.75) is 10.8 Å². The molecule has 116 valence electrons. The van der Waals surface area contributed by atoms with Crippen molar-refractivity contribution < 1.29 is 0 Å². The smallest absolute Gasteiger partial charge is 0.223 e. The molecule has 0 unspecified atom stereocenters. The van der Waals surface area contributed by atoms with E-state index in [0.717, 1.165) is 42.8 Å². The molecule has 3 rings (SSSR count). The summed E-state index contributed by atoms with van der Waals surface area (Å²) in [5.74, 6) is 2.18. The Kier molecular flexibility index (Phi) is 4.80. The molecule has 2 heterocycles. The summed E-state index contributed by atoms with van der Waals surface area (Å²) >= 11 is 1.70. The highest BCUT2D eigenvalue weighted by atomic mass is 32.2. The Morgan fingerprint density at radius 1 is 1.09 bits per heavy atom. The Hall–Kier alpha value is -1.79. The monoisotopic (exact) mass is 315 g/mol. The van der Waals surface area contributed by atoms with Crippen LogP contribution >= 0.6 is 11.8 Å². The third kappa shape index (κ3) is 3.90. The predicted molar refractivity (Wildman–Crippen MR) is 92.2 cm³/mol. The molecule has 1 aliphatic heterocycles. The van der Waals surface area contributed by atoms with E-state index in [-0.39, 0.29) is 0 Å². The van der Waals surface area contributed by atoms with Crippen LogP contribution in [0.5, 0.6) is 0 Å². The van der Waals surface area contributed by atoms with Crippen LogP contribution in [0.3, 0.4) is 0 Å². The lowest BCUT2D eigenvalue weighted by Crippen LogP contribution is -2.44. The van der Waals surface area contributed by atoms with Gasteiger partial charge in [-0.2, -0.15) is 4.98 Å². The third-order valence-electron chi connectivity index (χ3n) is 3.76. The number of likely N-dealkylation sites (N-methyl/N-ethyl adjacent to an activating group) is 1. The first-order valence-corrected chi connectivity index (χ1v) is 8.44. The summed E-state index contributed by atoms with van der Waals surface area (Å²) in [7, 11) is 2.15. The molecule has 6 heteroatoms. The number of nitrogen functional groups attached to an aromatic ring is 1. The number of rotatable bonds is 4. The largest absolute Gasteiger partial charge is 0.368 e. The first-order valence-electron chi connectivity index (χ1n) is 7.45. The lowest BCUT2D eigenvalue weighted by Gasteiger charge is -2.33. The lowest BCUT2D eigenvalue weighted by molar-refractivity contribution is 0.312. The molecule has 1 aromatic heterocycles. The van der Waals surface area contributed by atoms with Gasteiger partial charge in [0.25, 0.3) is 0 Å². The molecule has 0 atom stereocenters. The first kappa shape index (κ1) is 15.1. The van der Waals surface area contributed by atoms with Crippen molar-refractivity contribution in [2.75, 3.05) is 43.9 Å². The number of nitrogens with zero attached hydrogens (tertiary/aromatic N) is 4. The molecule has 1 saturated heterocycles. The molecule has 22 heavy (non-hydrogen) atoms. The number of anilines is 2. The molecule has 0 spiro atoms. The maximum atomic E-state index is 5.89. The standard InChI is InChI=1S/C16H21N5S/c1-20-7-9-21(10-8-20)14-11-15(19-16(17)18-14)22-12-13-5-3-2-4-6-13/h2-6,11H,7-10,12H2,1H3,(H2,17,18,19). The van der Waals surface area contributed by atoms with Gasteiger partial charge in [0.1, 0.15) is 10.8 Å². The summed E-state index contributed by atoms with van der Waals surface area (Å²) in [6.45, 7) is 4.07. The van der Waals surface area contributed by atoms with Gasteiger partial charge < -0.3 is 15.5 Å². The number of hydrogen-bond donors (Lipinski definition) is 1. The second-order valence-corrected chi connectivity index (χ2v) is 6.48. The minimum absolute atomic E-state index is 0.354. The van der Waals surface area contributed by atoms with Crippen molar-refractivity contribution in [3.63, 3.8) is 0 Å². The molecule has 2 aromatic rings. The fraction of sp³-hybridized carbons (Fsp3) is 0.375. The quantitative estimate of drug-likeness (QED) is 0.689. The van der Waals surface area contributed by atoms with Crippen LogP contribution in [-0.4, -0.2) is 48.1 Å². The molecular formula is C16H21N5S. The van der Waals surface area contributed by atoms with E-state index in [4.69, 9.17) is 5.73 Å². The van der Waals surface area contributed by atoms with Gasteiger partial charge >= 0.3 is 0 Å². The molecule has 1 fully saturated rings. The van der Waals surface area contributed by atoms with Crippen LogP contribution in [-0.2, 0) is 5.75 Å². The Morgan fingerprint density at radius 2 is 1.82 bits per heavy atom. The number of nitrogens with two attached hydrogens (primary N) is 1. The lowest BCUT2D eigenvalue weighted by atomic mass is 10.2. The van der Waals surface area contributed by atoms with Gasteiger partial charge in [0.05, 0.1) is 0 Å². The molecule has 1 aromatic carbocycles. The van der Waals surface area contributed by atoms with Crippen molar-refractivity contribution in [3.05, 3.63) is 42.0 Å². The van der Waals surface area contributed by atoms with Gasteiger partial charge in [0.2, 0.25) is 5.95 Å². The molecule has 0 radical (unpaired) electrons. The van der Waals surface area contributed by atoms with Gasteiger partial charge in [-0.15, -0.1) is 11.8 Å². The van der Waals surface area contributed by atoms with Gasteiger partial charge in [-0.3, -0.25) is 0 Å². The molecule has 2 N–H and O–H groups in total. The zero-order chi connectivity index (χ0) is 15.4. The van der Waals surface area contributed by atoms with Crippen molar-refractivity contribution in [2.24, 2.45) is 0 Å². The highest BCUT2D eigenvalue weighted by Crippen LogP contribution is 2.25. The maximum Gasteiger partial charge on any atom is 0.223 e. The van der Waals surface area contributed by atoms with E-state index in [0.29, 0.717) is 5.95 Å². The Balaban J connectivity index is 1.70. The van der Waals surface area contributed by atoms with E-state index in [2.05, 4.69) is 57.1 Å². The highest BCUT2D eigenvalue weighted by molar-refractivity contribution is 7.98. The van der Waals surface area contributed by atoms with Crippen molar-refractivity contribution in [1.82, 2.24) is 14.9 Å². The molecule has 0 aliphatic carbocycles. The predicted octanol–water partition coefficient (Wildman–Crippen LogP) is 2.10. The minimum atomic E-state index is 0.354. The van der Waals surface area contributed by atoms with Crippen LogP contribution in [0.1, 0.15) is 5.56 Å². The van der Waals surface area contributed by atoms with Crippen LogP contribution in [0.4, 0.5) is 11.8 Å². The Labute approximate surface area is 135 Å². The van der Waals surface area contributed by atoms with E-state index in [1.54, 1.807) is 11.8 Å². The zero-order valence-electron chi connectivity index (χ0n) is 12.8. The van der Waals surface area contributed by atoms with Gasteiger partial charge in [0.15, 0.2) is 0 Å². The van der Waals surface area contributed by atoms with Crippen molar-refractivity contribution >= 4 is 23.5 Å². The number of thioether (sulfide) groups is 1. The summed E-state index contributed by atoms with van der Waals surface area (Å²) in [6, 6.07) is 12.4. The molecule has 5 nitrogen and oxygen atoms in total. The molecular weight excluding hydrogens is 294 g/mol. The first-order chi connectivity index (χ1) is 10.7. The summed E-state index contributed by atoms with van der Waals surface area (Å²) < 4.78 is 0. The fourth-order valence-electron chi connectivity index (χ4n) is 2.43. The normalized spacial score (nSPS) is 16.0. The number of aromatic nitrogens is 2. The minimum Gasteiger partial charge on any atom is -0.368 e.